The highest BCUT2D eigenvalue weighted by Crippen LogP contribution is 2.38. The topological polar surface area (TPSA) is 47.9 Å². The molecule has 5 heteroatoms. The van der Waals surface area contributed by atoms with E-state index >= 15 is 0 Å². The molecule has 182 valence electrons. The van der Waals surface area contributed by atoms with E-state index in [4.69, 9.17) is 14.2 Å². The smallest absolute Gasteiger partial charge is 0.127 e. The molecule has 0 aliphatic rings. The van der Waals surface area contributed by atoms with Crippen LogP contribution < -0.4 is 9.47 Å². The molecule has 0 unspecified atom stereocenters. The van der Waals surface area contributed by atoms with E-state index in [2.05, 4.69) is 64.1 Å². The zero-order valence-electron chi connectivity index (χ0n) is 21.2. The van der Waals surface area contributed by atoms with Gasteiger partial charge in [-0.2, -0.15) is 0 Å². The Morgan fingerprint density at radius 2 is 1.12 bits per heavy atom. The Kier molecular flexibility index (Phi) is 8.02. The Hall–Kier alpha value is -2.47. The lowest BCUT2D eigenvalue weighted by molar-refractivity contribution is -0.0342. The van der Waals surface area contributed by atoms with Crippen LogP contribution in [0.1, 0.15) is 47.1 Å². The van der Waals surface area contributed by atoms with E-state index in [9.17, 15) is 5.11 Å². The van der Waals surface area contributed by atoms with Crippen molar-refractivity contribution in [1.82, 2.24) is 0 Å². The van der Waals surface area contributed by atoms with Crippen LogP contribution in [0.4, 0.5) is 0 Å². The molecule has 34 heavy (non-hydrogen) atoms. The van der Waals surface area contributed by atoms with Crippen molar-refractivity contribution in [1.29, 1.82) is 0 Å². The van der Waals surface area contributed by atoms with Gasteiger partial charge >= 0.3 is 0 Å². The quantitative estimate of drug-likeness (QED) is 0.326. The fourth-order valence-corrected chi connectivity index (χ4v) is 4.13. The Bertz CT molecular complexity index is 1050. The minimum atomic E-state index is -0.618. The lowest BCUT2D eigenvalue weighted by Crippen LogP contribution is -2.44. The summed E-state index contributed by atoms with van der Waals surface area (Å²) in [4.78, 5) is 2.33. The normalized spacial score (nSPS) is 12.5. The minimum absolute atomic E-state index is 0.0518. The molecule has 0 spiro atoms. The van der Waals surface area contributed by atoms with Crippen molar-refractivity contribution < 1.29 is 19.3 Å². The largest absolute Gasteiger partial charge is 0.485 e. The Labute approximate surface area is 208 Å². The molecule has 0 radical (unpaired) electrons. The molecule has 0 bridgehead atoms. The van der Waals surface area contributed by atoms with Crippen molar-refractivity contribution in [2.75, 3.05) is 13.7 Å². The third-order valence-electron chi connectivity index (χ3n) is 6.49. The summed E-state index contributed by atoms with van der Waals surface area (Å²) >= 11 is 1.72. The molecule has 0 saturated heterocycles. The van der Waals surface area contributed by atoms with Crippen LogP contribution in [0.3, 0.4) is 0 Å². The number of rotatable bonds is 10. The highest BCUT2D eigenvalue weighted by Gasteiger charge is 2.38. The van der Waals surface area contributed by atoms with Gasteiger partial charge in [-0.05, 0) is 93.9 Å². The summed E-state index contributed by atoms with van der Waals surface area (Å²) in [6, 6.07) is 24.2. The number of ether oxygens (including phenoxy) is 3. The number of methoxy groups -OCH3 is 1. The average molecular weight is 481 g/mol. The first-order valence-corrected chi connectivity index (χ1v) is 12.3. The van der Waals surface area contributed by atoms with Crippen molar-refractivity contribution in [2.45, 2.75) is 68.0 Å². The molecule has 3 aromatic carbocycles. The lowest BCUT2D eigenvalue weighted by atomic mass is 9.72. The van der Waals surface area contributed by atoms with Gasteiger partial charge in [0, 0.05) is 22.3 Å². The van der Waals surface area contributed by atoms with Gasteiger partial charge in [-0.1, -0.05) is 37.7 Å². The number of aliphatic hydroxyl groups excluding tert-OH is 1. The first-order chi connectivity index (χ1) is 16.0. The predicted octanol–water partition coefficient (Wildman–Crippen LogP) is 7.48. The molecule has 0 aliphatic heterocycles. The van der Waals surface area contributed by atoms with Gasteiger partial charge < -0.3 is 19.3 Å². The zero-order valence-corrected chi connectivity index (χ0v) is 22.0. The summed E-state index contributed by atoms with van der Waals surface area (Å²) < 4.78 is 17.5. The highest BCUT2D eigenvalue weighted by molar-refractivity contribution is 7.99. The number of hydrogen-bond acceptors (Lipinski definition) is 5. The molecule has 4 nitrogen and oxygen atoms in total. The van der Waals surface area contributed by atoms with Crippen molar-refractivity contribution in [2.24, 2.45) is 0 Å². The van der Waals surface area contributed by atoms with Gasteiger partial charge in [0.25, 0.3) is 0 Å². The summed E-state index contributed by atoms with van der Waals surface area (Å²) in [5.41, 5.74) is 0.264. The summed E-state index contributed by atoms with van der Waals surface area (Å²) in [6.45, 7) is 12.3. The Morgan fingerprint density at radius 1 is 0.676 bits per heavy atom. The fourth-order valence-electron chi connectivity index (χ4n) is 3.32. The van der Waals surface area contributed by atoms with Gasteiger partial charge in [-0.15, -0.1) is 0 Å². The molecule has 0 saturated carbocycles. The predicted molar refractivity (Wildman–Crippen MR) is 139 cm³/mol. The fraction of sp³-hybridized carbons (Fsp3) is 0.379. The van der Waals surface area contributed by atoms with Crippen molar-refractivity contribution in [3.05, 3.63) is 78.4 Å². The van der Waals surface area contributed by atoms with Gasteiger partial charge in [0.15, 0.2) is 0 Å². The average Bonchev–Trinajstić information content (AvgIpc) is 2.81. The first-order valence-electron chi connectivity index (χ1n) is 11.5. The molecule has 1 N–H and O–H groups in total. The van der Waals surface area contributed by atoms with Gasteiger partial charge in [-0.3, -0.25) is 0 Å². The second-order valence-corrected chi connectivity index (χ2v) is 11.2. The van der Waals surface area contributed by atoms with Crippen LogP contribution in [0.25, 0.3) is 0 Å². The van der Waals surface area contributed by atoms with Crippen LogP contribution in [-0.2, 0) is 10.2 Å². The van der Waals surface area contributed by atoms with E-state index in [1.807, 2.05) is 50.2 Å². The van der Waals surface area contributed by atoms with Gasteiger partial charge in [0.05, 0.1) is 12.2 Å². The maximum Gasteiger partial charge on any atom is 0.127 e. The summed E-state index contributed by atoms with van der Waals surface area (Å²) in [7, 11) is 1.77. The molecular weight excluding hydrogens is 444 g/mol. The van der Waals surface area contributed by atoms with Crippen LogP contribution in [0.2, 0.25) is 0 Å². The van der Waals surface area contributed by atoms with E-state index in [-0.39, 0.29) is 17.6 Å². The van der Waals surface area contributed by atoms with Crippen molar-refractivity contribution >= 4 is 11.8 Å². The maximum absolute atomic E-state index is 9.35. The zero-order chi connectivity index (χ0) is 25.0. The van der Waals surface area contributed by atoms with E-state index in [0.29, 0.717) is 5.75 Å². The van der Waals surface area contributed by atoms with Crippen LogP contribution in [0.15, 0.2) is 82.6 Å². The molecule has 3 aromatic rings. The van der Waals surface area contributed by atoms with E-state index < -0.39 is 5.60 Å². The van der Waals surface area contributed by atoms with Crippen LogP contribution >= 0.6 is 11.8 Å². The first kappa shape index (κ1) is 26.1. The molecule has 3 rings (SSSR count). The summed E-state index contributed by atoms with van der Waals surface area (Å²) in [6.07, 6.45) is 0. The van der Waals surface area contributed by atoms with E-state index in [1.54, 1.807) is 18.9 Å². The molecule has 0 heterocycles. The number of benzene rings is 3. The molecule has 0 aromatic heterocycles. The summed E-state index contributed by atoms with van der Waals surface area (Å²) in [5, 5.41) is 9.35. The monoisotopic (exact) mass is 480 g/mol. The molecule has 0 aliphatic carbocycles. The molecule has 0 atom stereocenters. The van der Waals surface area contributed by atoms with Crippen LogP contribution in [-0.4, -0.2) is 30.0 Å². The van der Waals surface area contributed by atoms with Gasteiger partial charge in [0.1, 0.15) is 22.8 Å². The second-order valence-electron chi connectivity index (χ2n) is 10.0. The van der Waals surface area contributed by atoms with Crippen molar-refractivity contribution in [3.8, 4) is 17.2 Å². The standard InChI is InChI=1S/C29H36O4S/c1-27(2,20-30)33-24-12-10-22(11-13-24)32-23-14-18-26(19-15-23)34-25-16-8-21(9-17-25)28(3,4)29(5,6)31-7/h8-19,30H,20H2,1-7H3. The lowest BCUT2D eigenvalue weighted by Gasteiger charge is -2.41. The minimum Gasteiger partial charge on any atom is -0.485 e. The number of aliphatic hydroxyl groups is 1. The SMILES string of the molecule is COC(C)(C)C(C)(C)c1ccc(Sc2ccc(Oc3ccc(OC(C)(C)CO)cc3)cc2)cc1. The third kappa shape index (κ3) is 6.35. The highest BCUT2D eigenvalue weighted by atomic mass is 32.2. The number of hydrogen-bond donors (Lipinski definition) is 1. The van der Waals surface area contributed by atoms with Crippen molar-refractivity contribution in [3.63, 3.8) is 0 Å². The van der Waals surface area contributed by atoms with E-state index in [1.165, 1.54) is 10.5 Å². The Balaban J connectivity index is 1.61. The van der Waals surface area contributed by atoms with Gasteiger partial charge in [-0.25, -0.2) is 0 Å². The second kappa shape index (κ2) is 10.4. The molecule has 0 fully saturated rings. The molecular formula is C29H36O4S. The third-order valence-corrected chi connectivity index (χ3v) is 7.50. The Morgan fingerprint density at radius 3 is 1.59 bits per heavy atom. The summed E-state index contributed by atoms with van der Waals surface area (Å²) in [5.74, 6) is 2.19. The van der Waals surface area contributed by atoms with E-state index in [0.717, 1.165) is 16.4 Å². The van der Waals surface area contributed by atoms with Crippen LogP contribution in [0, 0.1) is 0 Å². The van der Waals surface area contributed by atoms with Gasteiger partial charge in [0.2, 0.25) is 0 Å². The maximum atomic E-state index is 9.35. The molecule has 0 amide bonds. The van der Waals surface area contributed by atoms with Crippen LogP contribution in [0.5, 0.6) is 17.2 Å².